The molecule has 0 aromatic heterocycles. The van der Waals surface area contributed by atoms with Gasteiger partial charge in [-0.25, -0.2) is 4.79 Å². The summed E-state index contributed by atoms with van der Waals surface area (Å²) < 4.78 is 10.8. The Kier molecular flexibility index (Phi) is 5.42. The number of fused-ring (bicyclic) bond motifs is 1. The van der Waals surface area contributed by atoms with Gasteiger partial charge in [-0.3, -0.25) is 4.90 Å². The summed E-state index contributed by atoms with van der Waals surface area (Å²) in [6.07, 6.45) is 0. The molecule has 2 heterocycles. The number of likely N-dealkylation sites (N-methyl/N-ethyl adjacent to an activating group) is 1. The minimum Gasteiger partial charge on any atom is -0.454 e. The van der Waals surface area contributed by atoms with Crippen LogP contribution in [0, 0.1) is 0 Å². The van der Waals surface area contributed by atoms with Gasteiger partial charge >= 0.3 is 6.03 Å². The number of benzene rings is 1. The predicted octanol–water partition coefficient (Wildman–Crippen LogP) is 0.804. The van der Waals surface area contributed by atoms with Gasteiger partial charge in [0.05, 0.1) is 0 Å². The molecule has 2 amide bonds. The number of nitrogens with one attached hydrogen (secondary N) is 1. The third kappa shape index (κ3) is 4.30. The lowest BCUT2D eigenvalue weighted by atomic mass is 10.1. The zero-order chi connectivity index (χ0) is 16.9. The van der Waals surface area contributed by atoms with Crippen molar-refractivity contribution in [1.82, 2.24) is 20.0 Å². The smallest absolute Gasteiger partial charge is 0.317 e. The van der Waals surface area contributed by atoms with Crippen molar-refractivity contribution in [3.8, 4) is 11.5 Å². The summed E-state index contributed by atoms with van der Waals surface area (Å²) in [5.41, 5.74) is 1.21. The zero-order valence-electron chi connectivity index (χ0n) is 14.5. The Morgan fingerprint density at radius 1 is 1.17 bits per heavy atom. The number of amides is 2. The first-order valence-corrected chi connectivity index (χ1v) is 8.40. The molecule has 2 aliphatic rings. The van der Waals surface area contributed by atoms with Gasteiger partial charge in [-0.2, -0.15) is 0 Å². The molecule has 1 aromatic rings. The lowest BCUT2D eigenvalue weighted by Crippen LogP contribution is -2.52. The third-order valence-corrected chi connectivity index (χ3v) is 4.34. The fourth-order valence-electron chi connectivity index (χ4n) is 2.90. The number of carbonyl (C=O) groups is 1. The van der Waals surface area contributed by atoms with E-state index in [0.29, 0.717) is 13.3 Å². The van der Waals surface area contributed by atoms with Crippen LogP contribution in [-0.2, 0) is 6.54 Å². The molecule has 2 aliphatic heterocycles. The van der Waals surface area contributed by atoms with Crippen LogP contribution in [0.3, 0.4) is 0 Å². The summed E-state index contributed by atoms with van der Waals surface area (Å²) in [5.74, 6) is 1.64. The number of nitrogens with zero attached hydrogens (tertiary/aromatic N) is 3. The summed E-state index contributed by atoms with van der Waals surface area (Å²) in [5, 5.41) is 2.97. The van der Waals surface area contributed by atoms with Crippen LogP contribution < -0.4 is 14.8 Å². The van der Waals surface area contributed by atoms with Gasteiger partial charge in [0.1, 0.15) is 0 Å². The highest BCUT2D eigenvalue weighted by Crippen LogP contribution is 2.32. The first kappa shape index (κ1) is 16.9. The highest BCUT2D eigenvalue weighted by Gasteiger charge is 2.21. The number of urea groups is 1. The quantitative estimate of drug-likeness (QED) is 0.863. The minimum absolute atomic E-state index is 0.0413. The van der Waals surface area contributed by atoms with Gasteiger partial charge in [-0.1, -0.05) is 6.07 Å². The monoisotopic (exact) mass is 334 g/mol. The maximum absolute atomic E-state index is 12.1. The van der Waals surface area contributed by atoms with Crippen LogP contribution in [0.25, 0.3) is 0 Å². The molecule has 0 spiro atoms. The molecule has 0 radical (unpaired) electrons. The van der Waals surface area contributed by atoms with Crippen LogP contribution in [-0.4, -0.2) is 80.9 Å². The molecule has 0 aliphatic carbocycles. The Hall–Kier alpha value is -1.99. The summed E-state index contributed by atoms with van der Waals surface area (Å²) in [6, 6.07) is 6.13. The van der Waals surface area contributed by atoms with Crippen LogP contribution in [0.5, 0.6) is 11.5 Å². The normalized spacial score (nSPS) is 17.4. The number of ether oxygens (including phenoxy) is 2. The lowest BCUT2D eigenvalue weighted by molar-refractivity contribution is 0.135. The molecule has 7 heteroatoms. The molecule has 1 aromatic carbocycles. The van der Waals surface area contributed by atoms with Crippen molar-refractivity contribution in [2.45, 2.75) is 6.54 Å². The summed E-state index contributed by atoms with van der Waals surface area (Å²) in [7, 11) is 4.00. The average molecular weight is 334 g/mol. The van der Waals surface area contributed by atoms with Gasteiger partial charge in [-0.05, 0) is 31.8 Å². The summed E-state index contributed by atoms with van der Waals surface area (Å²) in [6.45, 7) is 6.01. The van der Waals surface area contributed by atoms with Gasteiger partial charge in [0.2, 0.25) is 6.79 Å². The van der Waals surface area contributed by atoms with E-state index < -0.39 is 0 Å². The van der Waals surface area contributed by atoms with Crippen molar-refractivity contribution in [1.29, 1.82) is 0 Å². The van der Waals surface area contributed by atoms with E-state index in [1.807, 2.05) is 31.1 Å². The SMILES string of the molecule is CN(C)CCNC(=O)N1CCN(Cc2ccc3c(c2)OCO3)CC1. The van der Waals surface area contributed by atoms with Crippen LogP contribution in [0.2, 0.25) is 0 Å². The van der Waals surface area contributed by atoms with E-state index in [9.17, 15) is 4.79 Å². The van der Waals surface area contributed by atoms with Gasteiger partial charge in [0.15, 0.2) is 11.5 Å². The van der Waals surface area contributed by atoms with Crippen LogP contribution in [0.4, 0.5) is 4.79 Å². The molecule has 7 nitrogen and oxygen atoms in total. The number of piperazine rings is 1. The van der Waals surface area contributed by atoms with Gasteiger partial charge < -0.3 is 24.6 Å². The molecular weight excluding hydrogens is 308 g/mol. The van der Waals surface area contributed by atoms with Crippen molar-refractivity contribution in [3.05, 3.63) is 23.8 Å². The van der Waals surface area contributed by atoms with Crippen molar-refractivity contribution in [3.63, 3.8) is 0 Å². The minimum atomic E-state index is 0.0413. The molecule has 3 rings (SSSR count). The van der Waals surface area contributed by atoms with E-state index in [4.69, 9.17) is 9.47 Å². The van der Waals surface area contributed by atoms with E-state index in [0.717, 1.165) is 50.8 Å². The zero-order valence-corrected chi connectivity index (χ0v) is 14.5. The summed E-state index contributed by atoms with van der Waals surface area (Å²) >= 11 is 0. The molecule has 0 atom stereocenters. The molecule has 0 unspecified atom stereocenters. The van der Waals surface area contributed by atoms with Crippen LogP contribution >= 0.6 is 0 Å². The van der Waals surface area contributed by atoms with E-state index in [1.54, 1.807) is 0 Å². The molecule has 0 bridgehead atoms. The van der Waals surface area contributed by atoms with E-state index >= 15 is 0 Å². The highest BCUT2D eigenvalue weighted by atomic mass is 16.7. The molecule has 132 valence electrons. The molecular formula is C17H26N4O3. The number of hydrogen-bond acceptors (Lipinski definition) is 5. The molecule has 24 heavy (non-hydrogen) atoms. The largest absolute Gasteiger partial charge is 0.454 e. The van der Waals surface area contributed by atoms with Crippen LogP contribution in [0.1, 0.15) is 5.56 Å². The standard InChI is InChI=1S/C17H26N4O3/c1-19(2)6-5-18-17(22)21-9-7-20(8-10-21)12-14-3-4-15-16(11-14)24-13-23-15/h3-4,11H,5-10,12-13H2,1-2H3,(H,18,22). The van der Waals surface area contributed by atoms with E-state index in [1.165, 1.54) is 5.56 Å². The molecule has 1 saturated heterocycles. The topological polar surface area (TPSA) is 57.3 Å². The first-order chi connectivity index (χ1) is 11.6. The Balaban J connectivity index is 1.43. The van der Waals surface area contributed by atoms with Crippen LogP contribution in [0.15, 0.2) is 18.2 Å². The fraction of sp³-hybridized carbons (Fsp3) is 0.588. The van der Waals surface area contributed by atoms with Gasteiger partial charge in [-0.15, -0.1) is 0 Å². The van der Waals surface area contributed by atoms with Crippen molar-refractivity contribution < 1.29 is 14.3 Å². The molecule has 0 saturated carbocycles. The fourth-order valence-corrected chi connectivity index (χ4v) is 2.90. The van der Waals surface area contributed by atoms with Crippen molar-refractivity contribution in [2.75, 3.05) is 60.2 Å². The van der Waals surface area contributed by atoms with Gasteiger partial charge in [0, 0.05) is 45.8 Å². The lowest BCUT2D eigenvalue weighted by Gasteiger charge is -2.34. The number of carbonyl (C=O) groups excluding carboxylic acids is 1. The van der Waals surface area contributed by atoms with Gasteiger partial charge in [0.25, 0.3) is 0 Å². The maximum atomic E-state index is 12.1. The van der Waals surface area contributed by atoms with E-state index in [-0.39, 0.29) is 6.03 Å². The van der Waals surface area contributed by atoms with E-state index in [2.05, 4.69) is 21.2 Å². The molecule has 1 N–H and O–H groups in total. The Morgan fingerprint density at radius 2 is 1.92 bits per heavy atom. The highest BCUT2D eigenvalue weighted by molar-refractivity contribution is 5.74. The Morgan fingerprint density at radius 3 is 2.67 bits per heavy atom. The van der Waals surface area contributed by atoms with Crippen molar-refractivity contribution in [2.24, 2.45) is 0 Å². The maximum Gasteiger partial charge on any atom is 0.317 e. The number of rotatable bonds is 5. The van der Waals surface area contributed by atoms with Crippen molar-refractivity contribution >= 4 is 6.03 Å². The predicted molar refractivity (Wildman–Crippen MR) is 91.4 cm³/mol. The Labute approximate surface area is 143 Å². The second kappa shape index (κ2) is 7.72. The Bertz CT molecular complexity index is 571. The average Bonchev–Trinajstić information content (AvgIpc) is 3.03. The summed E-state index contributed by atoms with van der Waals surface area (Å²) in [4.78, 5) is 18.4. The molecule has 1 fully saturated rings. The second-order valence-electron chi connectivity index (χ2n) is 6.49. The number of hydrogen-bond donors (Lipinski definition) is 1. The second-order valence-corrected chi connectivity index (χ2v) is 6.49. The first-order valence-electron chi connectivity index (χ1n) is 8.40. The third-order valence-electron chi connectivity index (χ3n) is 4.34.